The third-order valence-corrected chi connectivity index (χ3v) is 5.80. The van der Waals surface area contributed by atoms with Gasteiger partial charge < -0.3 is 4.90 Å². The minimum atomic E-state index is 0.119. The van der Waals surface area contributed by atoms with Crippen LogP contribution in [0.15, 0.2) is 55.1 Å². The molecule has 0 amide bonds. The molecule has 5 heterocycles. The minimum absolute atomic E-state index is 0.119. The zero-order chi connectivity index (χ0) is 18.3. The molecule has 6 nitrogen and oxygen atoms in total. The topological polar surface area (TPSA) is 50.1 Å². The summed E-state index contributed by atoms with van der Waals surface area (Å²) in [4.78, 5) is 14.3. The lowest BCUT2D eigenvalue weighted by Gasteiger charge is -2.25. The van der Waals surface area contributed by atoms with E-state index >= 15 is 0 Å². The maximum atomic E-state index is 4.83. The van der Waals surface area contributed by atoms with Crippen molar-refractivity contribution >= 4 is 5.69 Å². The van der Waals surface area contributed by atoms with E-state index in [1.807, 2.05) is 42.5 Å². The van der Waals surface area contributed by atoms with E-state index in [2.05, 4.69) is 44.3 Å². The molecular formula is C21H24N6. The average Bonchev–Trinajstić information content (AvgIpc) is 3.36. The van der Waals surface area contributed by atoms with Crippen molar-refractivity contribution in [3.63, 3.8) is 0 Å². The lowest BCUT2D eigenvalue weighted by Crippen LogP contribution is -2.36. The van der Waals surface area contributed by atoms with Gasteiger partial charge in [0.05, 0.1) is 29.8 Å². The number of nitrogens with zero attached hydrogens (tertiary/aromatic N) is 6. The SMILES string of the molecule is Cn1cc(CN2CCC3(C2)CN(Cc2ccccn2)c2cccnc23)cn1. The predicted octanol–water partition coefficient (Wildman–Crippen LogP) is 2.37. The third-order valence-electron chi connectivity index (χ3n) is 5.80. The van der Waals surface area contributed by atoms with Crippen molar-refractivity contribution in [2.24, 2.45) is 7.05 Å². The highest BCUT2D eigenvalue weighted by atomic mass is 15.3. The van der Waals surface area contributed by atoms with Gasteiger partial charge in [0.15, 0.2) is 0 Å². The lowest BCUT2D eigenvalue weighted by atomic mass is 9.85. The van der Waals surface area contributed by atoms with Crippen LogP contribution in [-0.2, 0) is 25.6 Å². The molecule has 6 heteroatoms. The molecule has 1 unspecified atom stereocenters. The van der Waals surface area contributed by atoms with Gasteiger partial charge >= 0.3 is 0 Å². The maximum Gasteiger partial charge on any atom is 0.0729 e. The summed E-state index contributed by atoms with van der Waals surface area (Å²) in [6, 6.07) is 10.4. The molecule has 5 rings (SSSR count). The Bertz CT molecular complexity index is 937. The second kappa shape index (κ2) is 6.46. The van der Waals surface area contributed by atoms with Crippen LogP contribution in [0, 0.1) is 0 Å². The fourth-order valence-corrected chi connectivity index (χ4v) is 4.64. The maximum absolute atomic E-state index is 4.83. The number of pyridine rings is 2. The highest BCUT2D eigenvalue weighted by Gasteiger charge is 2.48. The zero-order valence-electron chi connectivity index (χ0n) is 15.6. The molecule has 3 aromatic rings. The molecule has 0 aromatic carbocycles. The van der Waals surface area contributed by atoms with Crippen molar-refractivity contribution in [3.05, 3.63) is 72.1 Å². The first-order chi connectivity index (χ1) is 13.2. The molecule has 0 aliphatic carbocycles. The van der Waals surface area contributed by atoms with Crippen molar-refractivity contribution in [2.45, 2.75) is 24.9 Å². The van der Waals surface area contributed by atoms with Crippen molar-refractivity contribution < 1.29 is 0 Å². The summed E-state index contributed by atoms with van der Waals surface area (Å²) >= 11 is 0. The molecular weight excluding hydrogens is 336 g/mol. The predicted molar refractivity (Wildman–Crippen MR) is 104 cm³/mol. The summed E-state index contributed by atoms with van der Waals surface area (Å²) in [5, 5.41) is 4.31. The summed E-state index contributed by atoms with van der Waals surface area (Å²) in [6.45, 7) is 4.95. The molecule has 0 bridgehead atoms. The number of likely N-dealkylation sites (tertiary alicyclic amines) is 1. The Morgan fingerprint density at radius 3 is 2.78 bits per heavy atom. The Hall–Kier alpha value is -2.73. The highest BCUT2D eigenvalue weighted by Crippen LogP contribution is 2.45. The van der Waals surface area contributed by atoms with Gasteiger partial charge in [0.2, 0.25) is 0 Å². The summed E-state index contributed by atoms with van der Waals surface area (Å²) in [5.74, 6) is 0. The van der Waals surface area contributed by atoms with Crippen molar-refractivity contribution in [1.82, 2.24) is 24.6 Å². The minimum Gasteiger partial charge on any atom is -0.363 e. The van der Waals surface area contributed by atoms with Gasteiger partial charge in [-0.3, -0.25) is 19.5 Å². The number of aromatic nitrogens is 4. The molecule has 1 spiro atoms. The van der Waals surface area contributed by atoms with Gasteiger partial charge in [-0.2, -0.15) is 5.10 Å². The third kappa shape index (κ3) is 3.00. The number of fused-ring (bicyclic) bond motifs is 2. The normalized spacial score (nSPS) is 21.9. The molecule has 3 aromatic heterocycles. The van der Waals surface area contributed by atoms with Crippen LogP contribution in [0.3, 0.4) is 0 Å². The zero-order valence-corrected chi connectivity index (χ0v) is 15.6. The van der Waals surface area contributed by atoms with Gasteiger partial charge in [0, 0.05) is 56.3 Å². The Morgan fingerprint density at radius 1 is 1.04 bits per heavy atom. The van der Waals surface area contributed by atoms with E-state index in [4.69, 9.17) is 4.98 Å². The van der Waals surface area contributed by atoms with Crippen LogP contribution < -0.4 is 4.90 Å². The summed E-state index contributed by atoms with van der Waals surface area (Å²) < 4.78 is 1.88. The van der Waals surface area contributed by atoms with Crippen LogP contribution in [-0.4, -0.2) is 44.3 Å². The Morgan fingerprint density at radius 2 is 1.96 bits per heavy atom. The van der Waals surface area contributed by atoms with Crippen molar-refractivity contribution in [2.75, 3.05) is 24.5 Å². The number of hydrogen-bond acceptors (Lipinski definition) is 5. The second-order valence-electron chi connectivity index (χ2n) is 7.81. The first kappa shape index (κ1) is 16.4. The van der Waals surface area contributed by atoms with Crippen LogP contribution in [0.2, 0.25) is 0 Å². The molecule has 138 valence electrons. The molecule has 1 fully saturated rings. The number of hydrogen-bond donors (Lipinski definition) is 0. The lowest BCUT2D eigenvalue weighted by molar-refractivity contribution is 0.305. The van der Waals surface area contributed by atoms with Gasteiger partial charge in [-0.15, -0.1) is 0 Å². The molecule has 2 aliphatic heterocycles. The van der Waals surface area contributed by atoms with E-state index in [-0.39, 0.29) is 5.41 Å². The molecule has 27 heavy (non-hydrogen) atoms. The van der Waals surface area contributed by atoms with E-state index in [1.165, 1.54) is 16.9 Å². The molecule has 0 N–H and O–H groups in total. The highest BCUT2D eigenvalue weighted by molar-refractivity contribution is 5.60. The standard InChI is InChI=1S/C21H24N6/c1-25-12-17(11-24-25)13-26-10-7-21(15-26)16-27(14-18-5-2-3-8-22-18)19-6-4-9-23-20(19)21/h2-6,8-9,11-12H,7,10,13-16H2,1H3. The van der Waals surface area contributed by atoms with Gasteiger partial charge in [-0.05, 0) is 37.2 Å². The van der Waals surface area contributed by atoms with Crippen LogP contribution in [0.25, 0.3) is 0 Å². The van der Waals surface area contributed by atoms with Crippen molar-refractivity contribution in [1.29, 1.82) is 0 Å². The van der Waals surface area contributed by atoms with Crippen LogP contribution in [0.4, 0.5) is 5.69 Å². The van der Waals surface area contributed by atoms with Crippen LogP contribution >= 0.6 is 0 Å². The first-order valence-corrected chi connectivity index (χ1v) is 9.52. The van der Waals surface area contributed by atoms with Crippen LogP contribution in [0.5, 0.6) is 0 Å². The number of anilines is 1. The molecule has 2 aliphatic rings. The van der Waals surface area contributed by atoms with E-state index < -0.39 is 0 Å². The van der Waals surface area contributed by atoms with Crippen LogP contribution in [0.1, 0.15) is 23.4 Å². The van der Waals surface area contributed by atoms with E-state index in [0.717, 1.165) is 44.8 Å². The van der Waals surface area contributed by atoms with Gasteiger partial charge in [0.25, 0.3) is 0 Å². The molecule has 1 saturated heterocycles. The summed E-state index contributed by atoms with van der Waals surface area (Å²) in [5.41, 5.74) is 5.03. The van der Waals surface area contributed by atoms with Gasteiger partial charge in [-0.25, -0.2) is 0 Å². The van der Waals surface area contributed by atoms with Crippen molar-refractivity contribution in [3.8, 4) is 0 Å². The monoisotopic (exact) mass is 360 g/mol. The van der Waals surface area contributed by atoms with Gasteiger partial charge in [0.1, 0.15) is 0 Å². The fourth-order valence-electron chi connectivity index (χ4n) is 4.64. The average molecular weight is 360 g/mol. The smallest absolute Gasteiger partial charge is 0.0729 e. The fraction of sp³-hybridized carbons (Fsp3) is 0.381. The van der Waals surface area contributed by atoms with E-state index in [9.17, 15) is 0 Å². The summed E-state index contributed by atoms with van der Waals surface area (Å²) in [7, 11) is 1.97. The number of rotatable bonds is 4. The first-order valence-electron chi connectivity index (χ1n) is 9.52. The molecule has 1 atom stereocenters. The summed E-state index contributed by atoms with van der Waals surface area (Å²) in [6.07, 6.45) is 9.04. The molecule has 0 saturated carbocycles. The largest absolute Gasteiger partial charge is 0.363 e. The number of aryl methyl sites for hydroxylation is 1. The quantitative estimate of drug-likeness (QED) is 0.715. The van der Waals surface area contributed by atoms with Gasteiger partial charge in [-0.1, -0.05) is 6.07 Å². The second-order valence-corrected chi connectivity index (χ2v) is 7.81. The Balaban J connectivity index is 1.38. The molecule has 0 radical (unpaired) electrons. The van der Waals surface area contributed by atoms with E-state index in [1.54, 1.807) is 0 Å². The Kier molecular flexibility index (Phi) is 3.93. The Labute approximate surface area is 159 Å². The van der Waals surface area contributed by atoms with E-state index in [0.29, 0.717) is 0 Å².